The van der Waals surface area contributed by atoms with Gasteiger partial charge in [0.25, 0.3) is 11.8 Å². The second-order valence-corrected chi connectivity index (χ2v) is 5.41. The molecule has 3 rings (SSSR count). The lowest BCUT2D eigenvalue weighted by molar-refractivity contribution is -0.142. The average Bonchev–Trinajstić information content (AvgIpc) is 2.84. The van der Waals surface area contributed by atoms with Crippen LogP contribution in [0, 0.1) is 0 Å². The van der Waals surface area contributed by atoms with Gasteiger partial charge < -0.3 is 4.74 Å². The average molecular weight is 324 g/mol. The molecule has 1 aromatic heterocycles. The number of carbonyl (C=O) groups excluding carboxylic acids is 3. The predicted molar refractivity (Wildman–Crippen MR) is 85.3 cm³/mol. The van der Waals surface area contributed by atoms with E-state index in [2.05, 4.69) is 4.98 Å². The molecule has 1 aliphatic rings. The van der Waals surface area contributed by atoms with E-state index in [-0.39, 0.29) is 37.4 Å². The summed E-state index contributed by atoms with van der Waals surface area (Å²) in [7, 11) is 0. The van der Waals surface area contributed by atoms with Gasteiger partial charge in [-0.3, -0.25) is 24.3 Å². The molecule has 0 aliphatic carbocycles. The summed E-state index contributed by atoms with van der Waals surface area (Å²) in [6, 6.07) is 10.2. The Morgan fingerprint density at radius 2 is 1.62 bits per heavy atom. The summed E-state index contributed by atoms with van der Waals surface area (Å²) in [5.74, 6) is -0.930. The highest BCUT2D eigenvalue weighted by atomic mass is 16.5. The topological polar surface area (TPSA) is 76.6 Å². The quantitative estimate of drug-likeness (QED) is 0.460. The first-order chi connectivity index (χ1) is 11.7. The van der Waals surface area contributed by atoms with Gasteiger partial charge in [0, 0.05) is 18.9 Å². The molecule has 2 heterocycles. The number of pyridine rings is 1. The second-order valence-electron chi connectivity index (χ2n) is 5.41. The lowest BCUT2D eigenvalue weighted by Crippen LogP contribution is -2.31. The summed E-state index contributed by atoms with van der Waals surface area (Å²) in [5, 5.41) is 0. The van der Waals surface area contributed by atoms with Crippen LogP contribution in [0.1, 0.15) is 32.7 Å². The fourth-order valence-electron chi connectivity index (χ4n) is 2.57. The number of nitrogens with zero attached hydrogens (tertiary/aromatic N) is 2. The van der Waals surface area contributed by atoms with Crippen LogP contribution in [0.4, 0.5) is 0 Å². The third-order valence-corrected chi connectivity index (χ3v) is 3.77. The Kier molecular flexibility index (Phi) is 4.65. The number of hydrogen-bond donors (Lipinski definition) is 0. The van der Waals surface area contributed by atoms with Crippen LogP contribution in [0.15, 0.2) is 48.8 Å². The van der Waals surface area contributed by atoms with Crippen molar-refractivity contribution in [1.82, 2.24) is 9.88 Å². The minimum atomic E-state index is -0.344. The SMILES string of the molecule is O=C(Cc1ccncc1)OCCCN1C(=O)c2ccccc2C1=O. The third kappa shape index (κ3) is 3.32. The maximum atomic E-state index is 12.2. The Morgan fingerprint density at radius 1 is 1.00 bits per heavy atom. The summed E-state index contributed by atoms with van der Waals surface area (Å²) in [5.41, 5.74) is 1.68. The molecule has 0 atom stereocenters. The molecule has 24 heavy (non-hydrogen) atoms. The molecule has 0 spiro atoms. The fraction of sp³-hybridized carbons (Fsp3) is 0.222. The standard InChI is InChI=1S/C18H16N2O4/c21-16(12-13-6-8-19-9-7-13)24-11-3-10-20-17(22)14-4-1-2-5-15(14)18(20)23/h1-2,4-9H,3,10-12H2. The Hall–Kier alpha value is -3.02. The van der Waals surface area contributed by atoms with E-state index in [1.54, 1.807) is 48.8 Å². The van der Waals surface area contributed by atoms with E-state index >= 15 is 0 Å². The number of benzene rings is 1. The summed E-state index contributed by atoms with van der Waals surface area (Å²) in [4.78, 5) is 41.1. The molecule has 0 saturated carbocycles. The normalized spacial score (nSPS) is 13.1. The van der Waals surface area contributed by atoms with Crippen molar-refractivity contribution in [2.45, 2.75) is 12.8 Å². The van der Waals surface area contributed by atoms with E-state index in [0.717, 1.165) is 5.56 Å². The minimum Gasteiger partial charge on any atom is -0.465 e. The number of ether oxygens (including phenoxy) is 1. The number of imide groups is 1. The number of amides is 2. The van der Waals surface area contributed by atoms with Gasteiger partial charge in [-0.15, -0.1) is 0 Å². The fourth-order valence-corrected chi connectivity index (χ4v) is 2.57. The molecule has 2 amide bonds. The molecule has 6 heteroatoms. The Morgan fingerprint density at radius 3 is 2.25 bits per heavy atom. The third-order valence-electron chi connectivity index (χ3n) is 3.77. The monoisotopic (exact) mass is 324 g/mol. The molecule has 2 aromatic rings. The maximum Gasteiger partial charge on any atom is 0.310 e. The zero-order valence-electron chi connectivity index (χ0n) is 13.0. The molecule has 0 fully saturated rings. The van der Waals surface area contributed by atoms with E-state index in [9.17, 15) is 14.4 Å². The molecule has 0 saturated heterocycles. The van der Waals surface area contributed by atoms with Gasteiger partial charge in [0.1, 0.15) is 0 Å². The highest BCUT2D eigenvalue weighted by Crippen LogP contribution is 2.22. The van der Waals surface area contributed by atoms with E-state index in [1.807, 2.05) is 0 Å². The van der Waals surface area contributed by atoms with Gasteiger partial charge in [-0.1, -0.05) is 12.1 Å². The van der Waals surface area contributed by atoms with Crippen molar-refractivity contribution in [3.05, 3.63) is 65.5 Å². The van der Waals surface area contributed by atoms with Crippen molar-refractivity contribution in [2.75, 3.05) is 13.2 Å². The Labute approximate surface area is 139 Å². The summed E-state index contributed by atoms with van der Waals surface area (Å²) >= 11 is 0. The molecule has 0 N–H and O–H groups in total. The highest BCUT2D eigenvalue weighted by Gasteiger charge is 2.34. The first-order valence-corrected chi connectivity index (χ1v) is 7.66. The summed E-state index contributed by atoms with van der Waals surface area (Å²) in [6.07, 6.45) is 3.82. The van der Waals surface area contributed by atoms with Gasteiger partial charge in [0.05, 0.1) is 24.2 Å². The van der Waals surface area contributed by atoms with Crippen molar-refractivity contribution >= 4 is 17.8 Å². The van der Waals surface area contributed by atoms with Gasteiger partial charge in [-0.2, -0.15) is 0 Å². The Bertz CT molecular complexity index is 739. The first kappa shape index (κ1) is 15.9. The molecule has 122 valence electrons. The molecular formula is C18H16N2O4. The molecule has 0 bridgehead atoms. The van der Waals surface area contributed by atoms with Crippen LogP contribution < -0.4 is 0 Å². The van der Waals surface area contributed by atoms with Crippen molar-refractivity contribution in [3.8, 4) is 0 Å². The van der Waals surface area contributed by atoms with Gasteiger partial charge >= 0.3 is 5.97 Å². The predicted octanol–water partition coefficient (Wildman–Crippen LogP) is 1.85. The van der Waals surface area contributed by atoms with Crippen molar-refractivity contribution < 1.29 is 19.1 Å². The van der Waals surface area contributed by atoms with Crippen LogP contribution in [-0.4, -0.2) is 40.8 Å². The lowest BCUT2D eigenvalue weighted by Gasteiger charge is -2.13. The Balaban J connectivity index is 1.45. The van der Waals surface area contributed by atoms with Crippen LogP contribution >= 0.6 is 0 Å². The van der Waals surface area contributed by atoms with Crippen LogP contribution in [0.3, 0.4) is 0 Å². The van der Waals surface area contributed by atoms with Gasteiger partial charge in [-0.05, 0) is 36.2 Å². The number of fused-ring (bicyclic) bond motifs is 1. The molecule has 1 aliphatic heterocycles. The highest BCUT2D eigenvalue weighted by molar-refractivity contribution is 6.21. The molecule has 1 aromatic carbocycles. The van der Waals surface area contributed by atoms with Crippen LogP contribution in [0.2, 0.25) is 0 Å². The van der Waals surface area contributed by atoms with Gasteiger partial charge in [-0.25, -0.2) is 0 Å². The summed E-state index contributed by atoms with van der Waals surface area (Å²) < 4.78 is 5.14. The number of esters is 1. The van der Waals surface area contributed by atoms with Crippen LogP contribution in [-0.2, 0) is 16.0 Å². The number of carbonyl (C=O) groups is 3. The van der Waals surface area contributed by atoms with E-state index in [0.29, 0.717) is 17.5 Å². The van der Waals surface area contributed by atoms with E-state index < -0.39 is 0 Å². The molecule has 0 radical (unpaired) electrons. The van der Waals surface area contributed by atoms with E-state index in [1.165, 1.54) is 4.90 Å². The van der Waals surface area contributed by atoms with Gasteiger partial charge in [0.15, 0.2) is 0 Å². The smallest absolute Gasteiger partial charge is 0.310 e. The number of hydrogen-bond acceptors (Lipinski definition) is 5. The van der Waals surface area contributed by atoms with Crippen molar-refractivity contribution in [2.24, 2.45) is 0 Å². The largest absolute Gasteiger partial charge is 0.465 e. The zero-order chi connectivity index (χ0) is 16.9. The second kappa shape index (κ2) is 7.04. The molecular weight excluding hydrogens is 308 g/mol. The zero-order valence-corrected chi connectivity index (χ0v) is 13.0. The first-order valence-electron chi connectivity index (χ1n) is 7.66. The molecule has 6 nitrogen and oxygen atoms in total. The van der Waals surface area contributed by atoms with Crippen LogP contribution in [0.5, 0.6) is 0 Å². The van der Waals surface area contributed by atoms with Gasteiger partial charge in [0.2, 0.25) is 0 Å². The molecule has 0 unspecified atom stereocenters. The number of aromatic nitrogens is 1. The van der Waals surface area contributed by atoms with Crippen molar-refractivity contribution in [3.63, 3.8) is 0 Å². The lowest BCUT2D eigenvalue weighted by atomic mass is 10.1. The van der Waals surface area contributed by atoms with Crippen LogP contribution in [0.25, 0.3) is 0 Å². The maximum absolute atomic E-state index is 12.2. The van der Waals surface area contributed by atoms with Crippen molar-refractivity contribution in [1.29, 1.82) is 0 Å². The number of rotatable bonds is 6. The summed E-state index contributed by atoms with van der Waals surface area (Å²) in [6.45, 7) is 0.395. The van der Waals surface area contributed by atoms with E-state index in [4.69, 9.17) is 4.74 Å². The minimum absolute atomic E-state index is 0.164.